The van der Waals surface area contributed by atoms with Crippen LogP contribution in [0.15, 0.2) is 0 Å². The van der Waals surface area contributed by atoms with Gasteiger partial charge in [-0.1, -0.05) is 0 Å². The zero-order valence-electron chi connectivity index (χ0n) is 11.0. The van der Waals surface area contributed by atoms with E-state index in [0.29, 0.717) is 18.5 Å². The Kier molecular flexibility index (Phi) is 4.54. The molecule has 0 spiro atoms. The lowest BCUT2D eigenvalue weighted by Gasteiger charge is -2.42. The highest BCUT2D eigenvalue weighted by Crippen LogP contribution is 2.26. The molecule has 0 bridgehead atoms. The maximum Gasteiger partial charge on any atom is 0.389 e. The maximum atomic E-state index is 12.1. The lowest BCUT2D eigenvalue weighted by molar-refractivity contribution is -0.135. The standard InChI is InChI=1S/C13H23F3N2/c1-11-9-18-8-4-5-12(18)10-17(11)7-3-2-6-13(14,15)16/h11-12H,2-10H2,1H3. The van der Waals surface area contributed by atoms with Crippen LogP contribution < -0.4 is 0 Å². The van der Waals surface area contributed by atoms with Crippen molar-refractivity contribution >= 4 is 0 Å². The summed E-state index contributed by atoms with van der Waals surface area (Å²) in [5.74, 6) is 0. The molecule has 0 N–H and O–H groups in total. The third-order valence-corrected chi connectivity index (χ3v) is 4.22. The molecular weight excluding hydrogens is 241 g/mol. The van der Waals surface area contributed by atoms with Gasteiger partial charge in [0.1, 0.15) is 0 Å². The molecule has 2 aliphatic heterocycles. The molecule has 0 aromatic carbocycles. The van der Waals surface area contributed by atoms with E-state index in [1.165, 1.54) is 19.4 Å². The average molecular weight is 264 g/mol. The fourth-order valence-electron chi connectivity index (χ4n) is 3.20. The molecule has 0 saturated carbocycles. The molecule has 0 amide bonds. The van der Waals surface area contributed by atoms with Gasteiger partial charge in [0.05, 0.1) is 0 Å². The molecule has 106 valence electrons. The van der Waals surface area contributed by atoms with Crippen molar-refractivity contribution in [2.45, 2.75) is 57.3 Å². The fourth-order valence-corrected chi connectivity index (χ4v) is 3.20. The van der Waals surface area contributed by atoms with Crippen molar-refractivity contribution in [2.75, 3.05) is 26.2 Å². The molecule has 0 aliphatic carbocycles. The summed E-state index contributed by atoms with van der Waals surface area (Å²) >= 11 is 0. The smallest absolute Gasteiger partial charge is 0.298 e. The highest BCUT2D eigenvalue weighted by Gasteiger charge is 2.34. The van der Waals surface area contributed by atoms with Gasteiger partial charge in [-0.2, -0.15) is 13.2 Å². The number of fused-ring (bicyclic) bond motifs is 1. The van der Waals surface area contributed by atoms with Crippen LogP contribution in [-0.2, 0) is 0 Å². The molecule has 2 aliphatic rings. The SMILES string of the molecule is CC1CN2CCCC2CN1CCCCC(F)(F)F. The fraction of sp³-hybridized carbons (Fsp3) is 1.00. The highest BCUT2D eigenvalue weighted by atomic mass is 19.4. The second-order valence-electron chi connectivity index (χ2n) is 5.71. The normalized spacial score (nSPS) is 30.7. The second-order valence-corrected chi connectivity index (χ2v) is 5.71. The summed E-state index contributed by atoms with van der Waals surface area (Å²) < 4.78 is 36.2. The molecule has 5 heteroatoms. The van der Waals surface area contributed by atoms with Crippen LogP contribution in [0.2, 0.25) is 0 Å². The van der Waals surface area contributed by atoms with Gasteiger partial charge in [-0.05, 0) is 45.7 Å². The van der Waals surface area contributed by atoms with Gasteiger partial charge in [0, 0.05) is 31.6 Å². The minimum absolute atomic E-state index is 0.265. The van der Waals surface area contributed by atoms with Crippen molar-refractivity contribution in [1.29, 1.82) is 0 Å². The first kappa shape index (κ1) is 14.1. The van der Waals surface area contributed by atoms with E-state index >= 15 is 0 Å². The van der Waals surface area contributed by atoms with Gasteiger partial charge in [-0.3, -0.25) is 9.80 Å². The Bertz CT molecular complexity index is 267. The van der Waals surface area contributed by atoms with Crippen molar-refractivity contribution < 1.29 is 13.2 Å². The number of alkyl halides is 3. The molecule has 2 unspecified atom stereocenters. The van der Waals surface area contributed by atoms with Gasteiger partial charge in [0.25, 0.3) is 0 Å². The molecule has 2 heterocycles. The quantitative estimate of drug-likeness (QED) is 0.720. The lowest BCUT2D eigenvalue weighted by atomic mass is 10.1. The van der Waals surface area contributed by atoms with Gasteiger partial charge < -0.3 is 0 Å². The summed E-state index contributed by atoms with van der Waals surface area (Å²) in [6.45, 7) is 6.36. The van der Waals surface area contributed by atoms with Gasteiger partial charge in [0.2, 0.25) is 0 Å². The number of rotatable bonds is 4. The summed E-state index contributed by atoms with van der Waals surface area (Å²) in [7, 11) is 0. The summed E-state index contributed by atoms with van der Waals surface area (Å²) in [6.07, 6.45) is -1.16. The van der Waals surface area contributed by atoms with Gasteiger partial charge >= 0.3 is 6.18 Å². The van der Waals surface area contributed by atoms with Gasteiger partial charge in [-0.15, -0.1) is 0 Å². The molecule has 2 fully saturated rings. The molecule has 2 rings (SSSR count). The number of piperazine rings is 1. The molecular formula is C13H23F3N2. The van der Waals surface area contributed by atoms with E-state index in [1.807, 2.05) is 0 Å². The van der Waals surface area contributed by atoms with E-state index < -0.39 is 12.6 Å². The van der Waals surface area contributed by atoms with Crippen LogP contribution in [-0.4, -0.2) is 54.2 Å². The van der Waals surface area contributed by atoms with Gasteiger partial charge in [-0.25, -0.2) is 0 Å². The molecule has 0 aromatic rings. The first-order valence-corrected chi connectivity index (χ1v) is 7.00. The maximum absolute atomic E-state index is 12.1. The van der Waals surface area contributed by atoms with Crippen molar-refractivity contribution in [1.82, 2.24) is 9.80 Å². The largest absolute Gasteiger partial charge is 0.389 e. The van der Waals surface area contributed by atoms with Crippen LogP contribution >= 0.6 is 0 Å². The van der Waals surface area contributed by atoms with Crippen LogP contribution in [0.3, 0.4) is 0 Å². The molecule has 18 heavy (non-hydrogen) atoms. The molecule has 2 atom stereocenters. The Morgan fingerprint density at radius 3 is 2.67 bits per heavy atom. The summed E-state index contributed by atoms with van der Waals surface area (Å²) in [5, 5.41) is 0. The third kappa shape index (κ3) is 3.85. The molecule has 0 aromatic heterocycles. The van der Waals surface area contributed by atoms with Gasteiger partial charge in [0.15, 0.2) is 0 Å². The van der Waals surface area contributed by atoms with Crippen LogP contribution in [0.25, 0.3) is 0 Å². The Morgan fingerprint density at radius 1 is 1.17 bits per heavy atom. The average Bonchev–Trinajstić information content (AvgIpc) is 2.70. The van der Waals surface area contributed by atoms with Crippen molar-refractivity contribution in [2.24, 2.45) is 0 Å². The highest BCUT2D eigenvalue weighted by molar-refractivity contribution is 4.90. The van der Waals surface area contributed by atoms with Crippen LogP contribution in [0.5, 0.6) is 0 Å². The predicted molar refractivity (Wildman–Crippen MR) is 65.5 cm³/mol. The number of halogens is 3. The minimum Gasteiger partial charge on any atom is -0.298 e. The third-order valence-electron chi connectivity index (χ3n) is 4.22. The van der Waals surface area contributed by atoms with E-state index in [2.05, 4.69) is 16.7 Å². The van der Waals surface area contributed by atoms with E-state index in [-0.39, 0.29) is 6.42 Å². The Labute approximate surface area is 107 Å². The van der Waals surface area contributed by atoms with E-state index in [1.54, 1.807) is 0 Å². The topological polar surface area (TPSA) is 6.48 Å². The van der Waals surface area contributed by atoms with Crippen LogP contribution in [0, 0.1) is 0 Å². The van der Waals surface area contributed by atoms with Crippen LogP contribution in [0.1, 0.15) is 39.0 Å². The summed E-state index contributed by atoms with van der Waals surface area (Å²) in [6, 6.07) is 1.15. The number of hydrogen-bond acceptors (Lipinski definition) is 2. The first-order chi connectivity index (χ1) is 8.46. The van der Waals surface area contributed by atoms with E-state index in [4.69, 9.17) is 0 Å². The lowest BCUT2D eigenvalue weighted by Crippen LogP contribution is -2.54. The van der Waals surface area contributed by atoms with Crippen molar-refractivity contribution in [3.63, 3.8) is 0 Å². The van der Waals surface area contributed by atoms with E-state index in [0.717, 1.165) is 19.6 Å². The Hall–Kier alpha value is -0.290. The summed E-state index contributed by atoms with van der Waals surface area (Å²) in [5.41, 5.74) is 0. The first-order valence-electron chi connectivity index (χ1n) is 7.00. The Balaban J connectivity index is 1.69. The predicted octanol–water partition coefficient (Wildman–Crippen LogP) is 2.89. The van der Waals surface area contributed by atoms with Crippen molar-refractivity contribution in [3.8, 4) is 0 Å². The molecule has 0 radical (unpaired) electrons. The number of unbranched alkanes of at least 4 members (excludes halogenated alkanes) is 1. The second kappa shape index (κ2) is 5.78. The minimum atomic E-state index is -3.99. The number of hydrogen-bond donors (Lipinski definition) is 0. The van der Waals surface area contributed by atoms with Crippen LogP contribution in [0.4, 0.5) is 13.2 Å². The number of nitrogens with zero attached hydrogens (tertiary/aromatic N) is 2. The zero-order chi connectivity index (χ0) is 13.2. The zero-order valence-corrected chi connectivity index (χ0v) is 11.0. The summed E-state index contributed by atoms with van der Waals surface area (Å²) in [4.78, 5) is 4.92. The van der Waals surface area contributed by atoms with E-state index in [9.17, 15) is 13.2 Å². The Morgan fingerprint density at radius 2 is 1.94 bits per heavy atom. The molecule has 2 saturated heterocycles. The monoisotopic (exact) mass is 264 g/mol. The van der Waals surface area contributed by atoms with Crippen molar-refractivity contribution in [3.05, 3.63) is 0 Å². The molecule has 2 nitrogen and oxygen atoms in total.